The number of ether oxygens (including phenoxy) is 5. The quantitative estimate of drug-likeness (QED) is 0.0197. The van der Waals surface area contributed by atoms with Gasteiger partial charge >= 0.3 is 30.2 Å². The largest absolute Gasteiger partial charge is 0.497 e. The third-order valence-electron chi connectivity index (χ3n) is 23.3. The maximum Gasteiger partial charge on any atom is 0.427 e. The number of nitrogens with one attached hydrogen (secondary N) is 3. The van der Waals surface area contributed by atoms with Crippen molar-refractivity contribution in [1.82, 2.24) is 44.7 Å². The minimum Gasteiger partial charge on any atom is -0.497 e. The van der Waals surface area contributed by atoms with Crippen LogP contribution in [0.3, 0.4) is 0 Å². The molecule has 7 aliphatic rings. The summed E-state index contributed by atoms with van der Waals surface area (Å²) in [6.45, 7) is 26.1. The third kappa shape index (κ3) is 53.4. The van der Waals surface area contributed by atoms with E-state index in [-0.39, 0.29) is 89.7 Å². The number of aromatic nitrogens is 2. The number of Topliss-reactive ketones (excluding diaryl/α,β-unsaturated/α-hetero) is 6. The van der Waals surface area contributed by atoms with E-state index in [1.807, 2.05) is 103 Å². The number of benzene rings is 7. The molecule has 7 fully saturated rings. The number of nitrogens with zero attached hydrogens (tertiary/aromatic N) is 7. The van der Waals surface area contributed by atoms with Crippen molar-refractivity contribution in [2.45, 2.75) is 220 Å². The average Bonchev–Trinajstić information content (AvgIpc) is 1.59. The van der Waals surface area contributed by atoms with Gasteiger partial charge in [-0.25, -0.2) is 45.9 Å². The molecular formula is C110H146F5N11O18. The second-order valence-corrected chi connectivity index (χ2v) is 37.6. The molecule has 0 aliphatic carbocycles. The fourth-order valence-corrected chi connectivity index (χ4v) is 15.1. The van der Waals surface area contributed by atoms with Gasteiger partial charge in [0.05, 0.1) is 33.5 Å². The number of imidazole rings is 1. The van der Waals surface area contributed by atoms with Gasteiger partial charge in [-0.05, 0) is 245 Å². The molecule has 0 radical (unpaired) electrons. The number of nitrogens with two attached hydrogens (primary N) is 1. The molecule has 784 valence electrons. The molecule has 7 aromatic carbocycles. The first-order valence-corrected chi connectivity index (χ1v) is 49.4. The average molecular weight is 2010 g/mol. The van der Waals surface area contributed by atoms with Crippen LogP contribution in [0.4, 0.5) is 47.7 Å². The number of ketones is 6. The molecule has 2 unspecified atom stereocenters. The predicted octanol–water partition coefficient (Wildman–Crippen LogP) is 17.7. The second kappa shape index (κ2) is 66.1. The Morgan fingerprint density at radius 2 is 0.847 bits per heavy atom. The molecule has 8 aromatic rings. The summed E-state index contributed by atoms with van der Waals surface area (Å²) in [5.74, 6) is 0.670. The topological polar surface area (TPSA) is 367 Å². The summed E-state index contributed by atoms with van der Waals surface area (Å²) in [4.78, 5) is 148. The van der Waals surface area contributed by atoms with Gasteiger partial charge in [-0.15, -0.1) is 0 Å². The predicted molar refractivity (Wildman–Crippen MR) is 543 cm³/mol. The first-order chi connectivity index (χ1) is 68.7. The fourth-order valence-electron chi connectivity index (χ4n) is 15.1. The highest BCUT2D eigenvalue weighted by atomic mass is 19.1. The molecule has 6 N–H and O–H groups in total. The van der Waals surface area contributed by atoms with Gasteiger partial charge in [0.15, 0.2) is 0 Å². The monoisotopic (exact) mass is 2000 g/mol. The summed E-state index contributed by atoms with van der Waals surface area (Å²) in [5, 5.41) is 18.3. The smallest absolute Gasteiger partial charge is 0.427 e. The molecule has 34 heteroatoms. The highest BCUT2D eigenvalue weighted by Gasteiger charge is 2.29. The van der Waals surface area contributed by atoms with E-state index in [0.717, 1.165) is 187 Å². The maximum atomic E-state index is 13.0. The Bertz CT molecular complexity index is 5170. The number of likely N-dealkylation sites (tertiary alicyclic amines) is 5. The summed E-state index contributed by atoms with van der Waals surface area (Å²) in [6, 6.07) is 46.3. The van der Waals surface area contributed by atoms with Gasteiger partial charge in [0.2, 0.25) is 5.91 Å². The standard InChI is InChI=1S/C21H27FN2O.C14H16FNO2.C14H18FNO.C12H9FN2O3.C12H21NO3.C10H17NO3.C8H7FO2.C7H9NO.2C6H11NO/c1-25-21-6-2-4-20(16-21)23-19-5-3-13-24(15-12-19)14-11-17-7-9-18(22)10-8-17;15-12-5-3-11(4-6-12)10-14(18)16-8-1-2-13(17)7-9-16;15-13-5-3-12(4-6-13)7-10-16-9-1-2-14(17)8-11-16;13-10-3-1-9(2-4-10)7-11(16)18-12(17)15-6-5-14-8-15;1-9-5-7-13(8-6-10(9)14)11(15)16-12(2,3)4;1-10(2,3)14-9(13)11-6-4-8(12)5-7-11;9-7-3-1-6(2-4-7)5-8(10)11;1-9-7-4-2-3-6(8)5-7;2*8-6-2-1-4-7-5-3-6/h2,4,6-10,16,19,23H,3,5,11-15H2,1H3;3-6H,1-2,7-10H2;3-6H,1-2,7-11H2;1-6,8H,7H2;9H,5-8H2,1-4H3;4-7H2,1-3H3;1-4H,5H2,(H,10,11);2-5H,8H2,1H3;2*7H,1-5H2. The highest BCUT2D eigenvalue weighted by molar-refractivity contribution is 5.87. The molecule has 7 saturated heterocycles. The number of nitrogen functional groups attached to an aromatic ring is 1. The van der Waals surface area contributed by atoms with Gasteiger partial charge < -0.3 is 75.0 Å². The van der Waals surface area contributed by atoms with Crippen LogP contribution in [0.5, 0.6) is 11.5 Å². The maximum absolute atomic E-state index is 13.0. The number of hydrogen-bond donors (Lipinski definition) is 5. The number of anilines is 2. The summed E-state index contributed by atoms with van der Waals surface area (Å²) in [7, 11) is 3.32. The Morgan fingerprint density at radius 3 is 1.32 bits per heavy atom. The lowest BCUT2D eigenvalue weighted by Gasteiger charge is -2.29. The molecule has 29 nitrogen and oxygen atoms in total. The van der Waals surface area contributed by atoms with E-state index in [1.54, 1.807) is 59.3 Å². The molecule has 0 saturated carbocycles. The number of carbonyl (C=O) groups excluding carboxylic acids is 11. The van der Waals surface area contributed by atoms with Gasteiger partial charge in [0, 0.05) is 197 Å². The Hall–Kier alpha value is -12.9. The van der Waals surface area contributed by atoms with Gasteiger partial charge in [-0.1, -0.05) is 79.7 Å². The highest BCUT2D eigenvalue weighted by Crippen LogP contribution is 2.25. The van der Waals surface area contributed by atoms with Crippen LogP contribution in [0, 0.1) is 35.0 Å². The molecule has 144 heavy (non-hydrogen) atoms. The van der Waals surface area contributed by atoms with E-state index >= 15 is 0 Å². The van der Waals surface area contributed by atoms with Crippen LogP contribution in [0.2, 0.25) is 0 Å². The number of carboxylic acids is 1. The van der Waals surface area contributed by atoms with Crippen LogP contribution in [-0.2, 0) is 89.5 Å². The Kier molecular flexibility index (Phi) is 55.0. The molecular weight excluding hydrogens is 1860 g/mol. The first-order valence-electron chi connectivity index (χ1n) is 49.4. The Balaban J connectivity index is 0.000000249. The lowest BCUT2D eigenvalue weighted by atomic mass is 10.0. The van der Waals surface area contributed by atoms with Crippen molar-refractivity contribution in [3.63, 3.8) is 0 Å². The van der Waals surface area contributed by atoms with Gasteiger partial charge in [-0.2, -0.15) is 0 Å². The van der Waals surface area contributed by atoms with Crippen molar-refractivity contribution in [2.24, 2.45) is 5.92 Å². The van der Waals surface area contributed by atoms with E-state index < -0.39 is 29.2 Å². The number of rotatable bonds is 16. The van der Waals surface area contributed by atoms with E-state index in [4.69, 9.17) is 29.8 Å². The third-order valence-corrected chi connectivity index (χ3v) is 23.3. The number of methoxy groups -OCH3 is 2. The minimum atomic E-state index is -0.906. The molecule has 15 rings (SSSR count). The molecule has 8 heterocycles. The number of amides is 3. The van der Waals surface area contributed by atoms with E-state index in [2.05, 4.69) is 47.6 Å². The molecule has 2 atom stereocenters. The van der Waals surface area contributed by atoms with Gasteiger partial charge in [0.25, 0.3) is 0 Å². The second-order valence-electron chi connectivity index (χ2n) is 37.6. The lowest BCUT2D eigenvalue weighted by Crippen LogP contribution is -2.41. The number of halogens is 5. The molecule has 1 aromatic heterocycles. The SMILES string of the molecule is CC(C)(C)OC(=O)N1CCC(=O)CC1.CC1CCN(C(=O)OC(C)(C)C)CCC1=O.COc1cccc(N)c1.COc1cccc(NC2CCCN(CCc3ccc(F)cc3)CC2)c1.O=C(Cc1ccc(F)cc1)OC(=O)n1ccnc1.O=C(O)Cc1ccc(F)cc1.O=C1CCCN(C(=O)Cc2ccc(F)cc2)CC1.O=C1CCCN(CCc2ccc(F)cc2)CC1.O=C1CCCNCC1.O=C1CCCNCC1. The zero-order valence-electron chi connectivity index (χ0n) is 84.8. The van der Waals surface area contributed by atoms with Crippen LogP contribution >= 0.6 is 0 Å². The molecule has 3 amide bonds. The van der Waals surface area contributed by atoms with E-state index in [1.165, 1.54) is 110 Å². The molecule has 7 aliphatic heterocycles. The van der Waals surface area contributed by atoms with Gasteiger partial charge in [0.1, 0.15) is 92.8 Å². The van der Waals surface area contributed by atoms with Crippen molar-refractivity contribution in [3.05, 3.63) is 245 Å². The van der Waals surface area contributed by atoms with E-state index in [0.29, 0.717) is 112 Å². The number of carboxylic acid groups (broad SMARTS) is 1. The van der Waals surface area contributed by atoms with Crippen LogP contribution in [-0.4, -0.2) is 246 Å². The van der Waals surface area contributed by atoms with Crippen molar-refractivity contribution in [3.8, 4) is 11.5 Å². The van der Waals surface area contributed by atoms with Gasteiger partial charge in [-0.3, -0.25) is 43.2 Å². The number of esters is 1. The van der Waals surface area contributed by atoms with Crippen molar-refractivity contribution >= 4 is 82.2 Å². The first kappa shape index (κ1) is 120. The van der Waals surface area contributed by atoms with Crippen LogP contribution < -0.4 is 31.2 Å². The molecule has 0 bridgehead atoms. The lowest BCUT2D eigenvalue weighted by molar-refractivity contribution is -0.137. The molecule has 0 spiro atoms. The number of piperidine rings is 1. The number of aliphatic carboxylic acids is 1. The van der Waals surface area contributed by atoms with Crippen LogP contribution in [0.1, 0.15) is 198 Å². The number of carbonyl (C=O) groups is 12. The number of hydrogen-bond acceptors (Lipinski definition) is 24. The zero-order chi connectivity index (χ0) is 105. The van der Waals surface area contributed by atoms with Crippen molar-refractivity contribution < 1.29 is 108 Å². The Labute approximate surface area is 843 Å². The van der Waals surface area contributed by atoms with Crippen molar-refractivity contribution in [1.29, 1.82) is 0 Å². The van der Waals surface area contributed by atoms with E-state index in [9.17, 15) is 79.5 Å². The Morgan fingerprint density at radius 1 is 0.431 bits per heavy atom. The summed E-state index contributed by atoms with van der Waals surface area (Å²) in [5.41, 5.74) is 10.7. The van der Waals surface area contributed by atoms with Crippen molar-refractivity contribution in [2.75, 3.05) is 130 Å². The van der Waals surface area contributed by atoms with Crippen LogP contribution in [0.15, 0.2) is 189 Å². The summed E-state index contributed by atoms with van der Waals surface area (Å²) < 4.78 is 89.7. The normalized spacial score (nSPS) is 16.8. The summed E-state index contributed by atoms with van der Waals surface area (Å²) in [6.07, 6.45) is 19.4. The zero-order valence-corrected chi connectivity index (χ0v) is 84.8. The fraction of sp³-hybridized carbons (Fsp3) is 0.482. The van der Waals surface area contributed by atoms with Crippen LogP contribution in [0.25, 0.3) is 0 Å². The minimum absolute atomic E-state index is 0.0105. The summed E-state index contributed by atoms with van der Waals surface area (Å²) >= 11 is 0.